The van der Waals surface area contributed by atoms with Crippen molar-refractivity contribution < 1.29 is 28.2 Å². The van der Waals surface area contributed by atoms with Crippen molar-refractivity contribution in [2.45, 2.75) is 23.4 Å². The van der Waals surface area contributed by atoms with Gasteiger partial charge in [0.05, 0.1) is 10.5 Å². The van der Waals surface area contributed by atoms with Crippen LogP contribution in [0.5, 0.6) is 0 Å². The van der Waals surface area contributed by atoms with Gasteiger partial charge in [-0.1, -0.05) is 6.07 Å². The van der Waals surface area contributed by atoms with Crippen molar-refractivity contribution in [2.75, 3.05) is 6.54 Å². The Morgan fingerprint density at radius 1 is 1.29 bits per heavy atom. The minimum Gasteiger partial charge on any atom is -0.480 e. The highest BCUT2D eigenvalue weighted by Crippen LogP contribution is 2.26. The van der Waals surface area contributed by atoms with Gasteiger partial charge in [0.15, 0.2) is 0 Å². The van der Waals surface area contributed by atoms with Crippen LogP contribution in [-0.4, -0.2) is 53.5 Å². The molecule has 1 heterocycles. The lowest BCUT2D eigenvalue weighted by Gasteiger charge is -2.21. The maximum absolute atomic E-state index is 12.5. The number of sulfonamides is 1. The third-order valence-corrected chi connectivity index (χ3v) is 5.13. The Bertz CT molecular complexity index is 687. The second kappa shape index (κ2) is 5.43. The smallest absolute Gasteiger partial charge is 0.335 e. The van der Waals surface area contributed by atoms with Crippen LogP contribution < -0.4 is 5.73 Å². The molecule has 0 saturated carbocycles. The number of aromatic carboxylic acids is 1. The van der Waals surface area contributed by atoms with Gasteiger partial charge in [0.1, 0.15) is 6.04 Å². The van der Waals surface area contributed by atoms with Gasteiger partial charge in [-0.3, -0.25) is 4.79 Å². The number of carboxylic acids is 2. The van der Waals surface area contributed by atoms with Crippen LogP contribution in [-0.2, 0) is 14.8 Å². The van der Waals surface area contributed by atoms with Gasteiger partial charge in [-0.05, 0) is 24.6 Å². The number of benzene rings is 1. The first-order valence-electron chi connectivity index (χ1n) is 6.07. The first-order chi connectivity index (χ1) is 9.73. The number of nitrogens with zero attached hydrogens (tertiary/aromatic N) is 1. The minimum atomic E-state index is -4.11. The second-order valence-electron chi connectivity index (χ2n) is 4.76. The molecule has 0 bridgehead atoms. The van der Waals surface area contributed by atoms with E-state index in [2.05, 4.69) is 0 Å². The molecule has 0 aliphatic carbocycles. The first kappa shape index (κ1) is 15.4. The Morgan fingerprint density at radius 2 is 1.95 bits per heavy atom. The Kier molecular flexibility index (Phi) is 3.99. The molecular formula is C12H14N2O6S. The van der Waals surface area contributed by atoms with Gasteiger partial charge in [0, 0.05) is 12.6 Å². The molecule has 8 nitrogen and oxygen atoms in total. The molecule has 0 unspecified atom stereocenters. The van der Waals surface area contributed by atoms with Crippen LogP contribution in [0, 0.1) is 0 Å². The number of carbonyl (C=O) groups is 2. The molecule has 0 spiro atoms. The van der Waals surface area contributed by atoms with Gasteiger partial charge in [-0.25, -0.2) is 13.2 Å². The Balaban J connectivity index is 2.44. The summed E-state index contributed by atoms with van der Waals surface area (Å²) in [5.74, 6) is -2.54. The molecule has 2 atom stereocenters. The maximum Gasteiger partial charge on any atom is 0.335 e. The van der Waals surface area contributed by atoms with E-state index in [0.717, 1.165) is 10.4 Å². The minimum absolute atomic E-state index is 0.0210. The highest BCUT2D eigenvalue weighted by molar-refractivity contribution is 7.89. The van der Waals surface area contributed by atoms with E-state index in [1.807, 2.05) is 0 Å². The molecule has 1 aromatic carbocycles. The lowest BCUT2D eigenvalue weighted by molar-refractivity contribution is -0.140. The van der Waals surface area contributed by atoms with Crippen LogP contribution in [0.2, 0.25) is 0 Å². The van der Waals surface area contributed by atoms with Crippen molar-refractivity contribution in [3.8, 4) is 0 Å². The van der Waals surface area contributed by atoms with E-state index in [9.17, 15) is 18.0 Å². The van der Waals surface area contributed by atoms with Gasteiger partial charge >= 0.3 is 11.9 Å². The van der Waals surface area contributed by atoms with Crippen LogP contribution in [0.15, 0.2) is 29.2 Å². The molecule has 1 aliphatic heterocycles. The maximum atomic E-state index is 12.5. The Labute approximate surface area is 120 Å². The van der Waals surface area contributed by atoms with E-state index in [1.54, 1.807) is 0 Å². The molecule has 1 fully saturated rings. The topological polar surface area (TPSA) is 138 Å². The zero-order valence-corrected chi connectivity index (χ0v) is 11.7. The van der Waals surface area contributed by atoms with E-state index in [4.69, 9.17) is 15.9 Å². The van der Waals surface area contributed by atoms with Gasteiger partial charge in [-0.2, -0.15) is 4.31 Å². The largest absolute Gasteiger partial charge is 0.480 e. The Morgan fingerprint density at radius 3 is 2.52 bits per heavy atom. The van der Waals surface area contributed by atoms with Gasteiger partial charge < -0.3 is 15.9 Å². The summed E-state index contributed by atoms with van der Waals surface area (Å²) in [5.41, 5.74) is 5.45. The van der Waals surface area contributed by atoms with Gasteiger partial charge in [0.2, 0.25) is 10.0 Å². The van der Waals surface area contributed by atoms with Crippen LogP contribution in [0.3, 0.4) is 0 Å². The van der Waals surface area contributed by atoms with Crippen molar-refractivity contribution in [3.63, 3.8) is 0 Å². The predicted molar refractivity (Wildman–Crippen MR) is 71.3 cm³/mol. The molecule has 1 saturated heterocycles. The highest BCUT2D eigenvalue weighted by atomic mass is 32.2. The number of hydrogen-bond donors (Lipinski definition) is 3. The Hall–Kier alpha value is -1.97. The van der Waals surface area contributed by atoms with Crippen LogP contribution >= 0.6 is 0 Å². The SMILES string of the molecule is N[C@H]1C[C@H](C(=O)O)N(S(=O)(=O)c2cccc(C(=O)O)c2)C1. The fourth-order valence-corrected chi connectivity index (χ4v) is 3.95. The monoisotopic (exact) mass is 314 g/mol. The summed E-state index contributed by atoms with van der Waals surface area (Å²) >= 11 is 0. The first-order valence-corrected chi connectivity index (χ1v) is 7.51. The molecule has 0 aromatic heterocycles. The zero-order valence-electron chi connectivity index (χ0n) is 10.8. The standard InChI is InChI=1S/C12H14N2O6S/c13-8-5-10(12(17)18)14(6-8)21(19,20)9-3-1-2-7(4-9)11(15)16/h1-4,8,10H,5-6,13H2,(H,15,16)(H,17,18)/t8-,10+/m0/s1. The van der Waals surface area contributed by atoms with E-state index in [-0.39, 0.29) is 23.4 Å². The summed E-state index contributed by atoms with van der Waals surface area (Å²) in [4.78, 5) is 21.8. The zero-order chi connectivity index (χ0) is 15.8. The predicted octanol–water partition coefficient (Wildman–Crippen LogP) is -0.440. The van der Waals surface area contributed by atoms with E-state index in [1.165, 1.54) is 18.2 Å². The summed E-state index contributed by atoms with van der Waals surface area (Å²) in [6, 6.07) is 2.97. The number of nitrogens with two attached hydrogens (primary N) is 1. The van der Waals surface area contributed by atoms with Crippen molar-refractivity contribution in [1.29, 1.82) is 0 Å². The summed E-state index contributed by atoms with van der Waals surface area (Å²) in [6.07, 6.45) is 0.0210. The van der Waals surface area contributed by atoms with Crippen LogP contribution in [0.25, 0.3) is 0 Å². The van der Waals surface area contributed by atoms with Gasteiger partial charge in [0.25, 0.3) is 0 Å². The molecular weight excluding hydrogens is 300 g/mol. The molecule has 2 rings (SSSR count). The second-order valence-corrected chi connectivity index (χ2v) is 6.65. The van der Waals surface area contributed by atoms with Crippen molar-refractivity contribution in [2.24, 2.45) is 5.73 Å². The van der Waals surface area contributed by atoms with Crippen LogP contribution in [0.1, 0.15) is 16.8 Å². The van der Waals surface area contributed by atoms with Crippen molar-refractivity contribution in [3.05, 3.63) is 29.8 Å². The molecule has 21 heavy (non-hydrogen) atoms. The fraction of sp³-hybridized carbons (Fsp3) is 0.333. The van der Waals surface area contributed by atoms with E-state index in [0.29, 0.717) is 0 Å². The third kappa shape index (κ3) is 2.89. The highest BCUT2D eigenvalue weighted by Gasteiger charge is 2.43. The lowest BCUT2D eigenvalue weighted by atomic mass is 10.2. The van der Waals surface area contributed by atoms with Crippen molar-refractivity contribution >= 4 is 22.0 Å². The lowest BCUT2D eigenvalue weighted by Crippen LogP contribution is -2.40. The molecule has 1 aliphatic rings. The van der Waals surface area contributed by atoms with Crippen molar-refractivity contribution in [1.82, 2.24) is 4.31 Å². The summed E-state index contributed by atoms with van der Waals surface area (Å²) in [7, 11) is -4.11. The quantitative estimate of drug-likeness (QED) is 0.684. The number of carboxylic acid groups (broad SMARTS) is 2. The molecule has 0 amide bonds. The number of aliphatic carboxylic acids is 1. The fourth-order valence-electron chi connectivity index (χ4n) is 2.25. The molecule has 0 radical (unpaired) electrons. The molecule has 4 N–H and O–H groups in total. The normalized spacial score (nSPS) is 23.1. The molecule has 9 heteroatoms. The molecule has 1 aromatic rings. The summed E-state index contributed by atoms with van der Waals surface area (Å²) in [6.45, 7) is -0.114. The molecule has 114 valence electrons. The number of hydrogen-bond acceptors (Lipinski definition) is 5. The van der Waals surface area contributed by atoms with Gasteiger partial charge in [-0.15, -0.1) is 0 Å². The van der Waals surface area contributed by atoms with E-state index < -0.39 is 34.0 Å². The van der Waals surface area contributed by atoms with Crippen LogP contribution in [0.4, 0.5) is 0 Å². The summed E-state index contributed by atoms with van der Waals surface area (Å²) in [5, 5.41) is 18.0. The average molecular weight is 314 g/mol. The summed E-state index contributed by atoms with van der Waals surface area (Å²) < 4.78 is 25.8. The average Bonchev–Trinajstić information content (AvgIpc) is 2.82. The number of rotatable bonds is 4. The third-order valence-electron chi connectivity index (χ3n) is 3.26. The van der Waals surface area contributed by atoms with E-state index >= 15 is 0 Å².